The molecule has 0 saturated carbocycles. The van der Waals surface area contributed by atoms with E-state index in [4.69, 9.17) is 10.8 Å². The van der Waals surface area contributed by atoms with E-state index in [0.717, 1.165) is 5.56 Å². The lowest BCUT2D eigenvalue weighted by atomic mass is 10.1. The van der Waals surface area contributed by atoms with Crippen LogP contribution in [0.2, 0.25) is 0 Å². The summed E-state index contributed by atoms with van der Waals surface area (Å²) in [4.78, 5) is 11.1. The minimum absolute atomic E-state index is 0.00138. The number of para-hydroxylation sites is 1. The van der Waals surface area contributed by atoms with Crippen molar-refractivity contribution in [2.45, 2.75) is 13.8 Å². The molecular weight excluding hydrogens is 259 g/mol. The van der Waals surface area contributed by atoms with Crippen molar-refractivity contribution in [3.05, 3.63) is 52.8 Å². The van der Waals surface area contributed by atoms with E-state index in [0.29, 0.717) is 16.9 Å². The fourth-order valence-corrected chi connectivity index (χ4v) is 1.98. The summed E-state index contributed by atoms with van der Waals surface area (Å²) in [6.45, 7) is 3.48. The topological polar surface area (TPSA) is 75.3 Å². The number of anilines is 3. The number of aromatic carboxylic acids is 1. The van der Waals surface area contributed by atoms with E-state index in [1.165, 1.54) is 12.1 Å². The molecule has 0 atom stereocenters. The Hall–Kier alpha value is -2.56. The predicted octanol–water partition coefficient (Wildman–Crippen LogP) is 3.47. The molecule has 0 amide bonds. The molecular formula is C15H15FN2O2. The third kappa shape index (κ3) is 2.56. The van der Waals surface area contributed by atoms with Crippen LogP contribution in [0, 0.1) is 19.7 Å². The Kier molecular flexibility index (Phi) is 3.61. The van der Waals surface area contributed by atoms with Crippen molar-refractivity contribution < 1.29 is 14.3 Å². The van der Waals surface area contributed by atoms with Gasteiger partial charge in [0.05, 0.1) is 11.3 Å². The second-order valence-corrected chi connectivity index (χ2v) is 4.62. The van der Waals surface area contributed by atoms with Crippen molar-refractivity contribution in [2.75, 3.05) is 11.1 Å². The molecule has 20 heavy (non-hydrogen) atoms. The number of hydrogen-bond donors (Lipinski definition) is 3. The first-order valence-electron chi connectivity index (χ1n) is 6.05. The van der Waals surface area contributed by atoms with E-state index in [-0.39, 0.29) is 11.3 Å². The lowest BCUT2D eigenvalue weighted by Gasteiger charge is -2.13. The summed E-state index contributed by atoms with van der Waals surface area (Å²) in [6, 6.07) is 7.82. The average Bonchev–Trinajstić information content (AvgIpc) is 2.37. The number of carboxylic acid groups (broad SMARTS) is 1. The van der Waals surface area contributed by atoms with Crippen LogP contribution < -0.4 is 11.1 Å². The number of nitrogen functional groups attached to an aromatic ring is 1. The zero-order chi connectivity index (χ0) is 14.9. The van der Waals surface area contributed by atoms with Gasteiger partial charge in [-0.2, -0.15) is 0 Å². The Morgan fingerprint density at radius 1 is 1.25 bits per heavy atom. The lowest BCUT2D eigenvalue weighted by molar-refractivity contribution is 0.0698. The van der Waals surface area contributed by atoms with Crippen LogP contribution in [0.3, 0.4) is 0 Å². The van der Waals surface area contributed by atoms with E-state index in [1.807, 2.05) is 0 Å². The maximum Gasteiger partial charge on any atom is 0.337 e. The fourth-order valence-electron chi connectivity index (χ4n) is 1.98. The molecule has 5 heteroatoms. The predicted molar refractivity (Wildman–Crippen MR) is 77.0 cm³/mol. The second kappa shape index (κ2) is 5.21. The van der Waals surface area contributed by atoms with E-state index < -0.39 is 11.8 Å². The van der Waals surface area contributed by atoms with Gasteiger partial charge >= 0.3 is 5.97 Å². The Bertz CT molecular complexity index is 664. The Morgan fingerprint density at radius 3 is 2.55 bits per heavy atom. The Morgan fingerprint density at radius 2 is 1.95 bits per heavy atom. The van der Waals surface area contributed by atoms with Crippen LogP contribution in [0.5, 0.6) is 0 Å². The molecule has 2 aromatic rings. The zero-order valence-electron chi connectivity index (χ0n) is 11.2. The number of nitrogens with two attached hydrogens (primary N) is 1. The van der Waals surface area contributed by atoms with Gasteiger partial charge in [-0.1, -0.05) is 12.1 Å². The van der Waals surface area contributed by atoms with Gasteiger partial charge in [0.2, 0.25) is 0 Å². The first-order valence-corrected chi connectivity index (χ1v) is 6.05. The molecule has 4 nitrogen and oxygen atoms in total. The van der Waals surface area contributed by atoms with Gasteiger partial charge in [-0.25, -0.2) is 9.18 Å². The molecule has 0 aliphatic carbocycles. The number of carbonyl (C=O) groups is 1. The van der Waals surface area contributed by atoms with Crippen molar-refractivity contribution in [3.8, 4) is 0 Å². The summed E-state index contributed by atoms with van der Waals surface area (Å²) in [7, 11) is 0. The monoisotopic (exact) mass is 274 g/mol. The van der Waals surface area contributed by atoms with Gasteiger partial charge in [-0.3, -0.25) is 0 Å². The summed E-state index contributed by atoms with van der Waals surface area (Å²) in [6.07, 6.45) is 0. The minimum atomic E-state index is -1.11. The van der Waals surface area contributed by atoms with Crippen LogP contribution in [0.1, 0.15) is 21.5 Å². The van der Waals surface area contributed by atoms with Crippen molar-refractivity contribution in [2.24, 2.45) is 0 Å². The molecule has 0 aliphatic heterocycles. The molecule has 0 unspecified atom stereocenters. The molecule has 0 aliphatic rings. The van der Waals surface area contributed by atoms with Crippen LogP contribution in [-0.4, -0.2) is 11.1 Å². The average molecular weight is 274 g/mol. The third-order valence-electron chi connectivity index (χ3n) is 3.11. The molecule has 0 heterocycles. The van der Waals surface area contributed by atoms with Gasteiger partial charge in [-0.05, 0) is 43.2 Å². The number of nitrogens with one attached hydrogen (secondary N) is 1. The number of rotatable bonds is 3. The van der Waals surface area contributed by atoms with Gasteiger partial charge in [0.25, 0.3) is 0 Å². The van der Waals surface area contributed by atoms with Crippen LogP contribution in [0.4, 0.5) is 21.5 Å². The smallest absolute Gasteiger partial charge is 0.337 e. The summed E-state index contributed by atoms with van der Waals surface area (Å²) < 4.78 is 13.8. The molecule has 0 radical (unpaired) electrons. The third-order valence-corrected chi connectivity index (χ3v) is 3.11. The van der Waals surface area contributed by atoms with Crippen molar-refractivity contribution in [3.63, 3.8) is 0 Å². The SMILES string of the molecule is Cc1cc(Nc2c(C)cccc2F)cc(C(=O)O)c1N. The number of hydrogen-bond acceptors (Lipinski definition) is 3. The summed E-state index contributed by atoms with van der Waals surface area (Å²) in [5, 5.41) is 12.0. The number of benzene rings is 2. The van der Waals surface area contributed by atoms with Crippen molar-refractivity contribution in [1.82, 2.24) is 0 Å². The Balaban J connectivity index is 2.47. The van der Waals surface area contributed by atoms with Gasteiger partial charge in [0.15, 0.2) is 0 Å². The van der Waals surface area contributed by atoms with Gasteiger partial charge in [-0.15, -0.1) is 0 Å². The van der Waals surface area contributed by atoms with Crippen molar-refractivity contribution >= 4 is 23.0 Å². The standard InChI is InChI=1S/C15H15FN2O2/c1-8-4-3-5-12(16)14(8)18-10-6-9(2)13(17)11(7-10)15(19)20/h3-7,18H,17H2,1-2H3,(H,19,20). The molecule has 0 aromatic heterocycles. The highest BCUT2D eigenvalue weighted by atomic mass is 19.1. The molecule has 0 saturated heterocycles. The van der Waals surface area contributed by atoms with Crippen LogP contribution in [0.15, 0.2) is 30.3 Å². The maximum absolute atomic E-state index is 13.8. The number of halogens is 1. The second-order valence-electron chi connectivity index (χ2n) is 4.62. The molecule has 0 fully saturated rings. The molecule has 2 rings (SSSR count). The molecule has 4 N–H and O–H groups in total. The number of aryl methyl sites for hydroxylation is 2. The van der Waals surface area contributed by atoms with Gasteiger partial charge in [0, 0.05) is 11.4 Å². The minimum Gasteiger partial charge on any atom is -0.478 e. The molecule has 0 bridgehead atoms. The van der Waals surface area contributed by atoms with Crippen LogP contribution >= 0.6 is 0 Å². The highest BCUT2D eigenvalue weighted by Crippen LogP contribution is 2.28. The van der Waals surface area contributed by atoms with E-state index in [9.17, 15) is 9.18 Å². The Labute approximate surface area is 116 Å². The quantitative estimate of drug-likeness (QED) is 0.749. The largest absolute Gasteiger partial charge is 0.478 e. The highest BCUT2D eigenvalue weighted by Gasteiger charge is 2.13. The maximum atomic E-state index is 13.8. The van der Waals surface area contributed by atoms with Gasteiger partial charge in [0.1, 0.15) is 5.82 Å². The first-order chi connectivity index (χ1) is 9.40. The number of carboxylic acids is 1. The molecule has 0 spiro atoms. The summed E-state index contributed by atoms with van der Waals surface area (Å²) >= 11 is 0. The molecule has 2 aromatic carbocycles. The normalized spacial score (nSPS) is 10.3. The summed E-state index contributed by atoms with van der Waals surface area (Å²) in [5.74, 6) is -1.50. The first kappa shape index (κ1) is 13.9. The van der Waals surface area contributed by atoms with E-state index >= 15 is 0 Å². The highest BCUT2D eigenvalue weighted by molar-refractivity contribution is 5.96. The summed E-state index contributed by atoms with van der Waals surface area (Å²) in [5.41, 5.74) is 8.11. The zero-order valence-corrected chi connectivity index (χ0v) is 11.2. The van der Waals surface area contributed by atoms with Crippen LogP contribution in [0.25, 0.3) is 0 Å². The lowest BCUT2D eigenvalue weighted by Crippen LogP contribution is -2.06. The van der Waals surface area contributed by atoms with Crippen molar-refractivity contribution in [1.29, 1.82) is 0 Å². The van der Waals surface area contributed by atoms with E-state index in [2.05, 4.69) is 5.32 Å². The van der Waals surface area contributed by atoms with E-state index in [1.54, 1.807) is 32.0 Å². The molecule has 104 valence electrons. The fraction of sp³-hybridized carbons (Fsp3) is 0.133. The van der Waals surface area contributed by atoms with Gasteiger partial charge < -0.3 is 16.2 Å². The van der Waals surface area contributed by atoms with Crippen LogP contribution in [-0.2, 0) is 0 Å².